The van der Waals surface area contributed by atoms with Crippen LogP contribution in [0.5, 0.6) is 0 Å². The van der Waals surface area contributed by atoms with Crippen LogP contribution in [0, 0.1) is 11.8 Å². The van der Waals surface area contributed by atoms with Gasteiger partial charge in [0.1, 0.15) is 0 Å². The van der Waals surface area contributed by atoms with Gasteiger partial charge in [0, 0.05) is 4.83 Å². The molecule has 11 heavy (non-hydrogen) atoms. The normalized spacial score (nSPS) is 45.0. The molecule has 3 atom stereocenters. The van der Waals surface area contributed by atoms with Crippen molar-refractivity contribution in [3.8, 4) is 0 Å². The molecule has 0 spiro atoms. The van der Waals surface area contributed by atoms with Gasteiger partial charge in [-0.2, -0.15) is 0 Å². The van der Waals surface area contributed by atoms with Gasteiger partial charge in [-0.3, -0.25) is 0 Å². The van der Waals surface area contributed by atoms with Crippen molar-refractivity contribution < 1.29 is 0 Å². The van der Waals surface area contributed by atoms with Crippen LogP contribution in [0.2, 0.25) is 0 Å². The van der Waals surface area contributed by atoms with E-state index in [9.17, 15) is 0 Å². The van der Waals surface area contributed by atoms with E-state index in [1.807, 2.05) is 0 Å². The van der Waals surface area contributed by atoms with Crippen LogP contribution >= 0.6 is 15.9 Å². The summed E-state index contributed by atoms with van der Waals surface area (Å²) < 4.78 is 0. The number of hydrogen-bond donors (Lipinski definition) is 1. The maximum Gasteiger partial charge on any atom is 0.0177 e. The lowest BCUT2D eigenvalue weighted by Gasteiger charge is -2.39. The highest BCUT2D eigenvalue weighted by molar-refractivity contribution is 9.09. The summed E-state index contributed by atoms with van der Waals surface area (Å²) >= 11 is 3.80. The van der Waals surface area contributed by atoms with Gasteiger partial charge >= 0.3 is 0 Å². The second-order valence-corrected chi connectivity index (χ2v) is 5.04. The minimum absolute atomic E-state index is 0.823. The molecular formula is C9H16BrN. The molecule has 64 valence electrons. The van der Waals surface area contributed by atoms with Crippen molar-refractivity contribution in [1.29, 1.82) is 0 Å². The van der Waals surface area contributed by atoms with Gasteiger partial charge < -0.3 is 5.32 Å². The number of hydrogen-bond acceptors (Lipinski definition) is 1. The lowest BCUT2D eigenvalue weighted by Crippen LogP contribution is -2.42. The van der Waals surface area contributed by atoms with Crippen molar-refractivity contribution in [1.82, 2.24) is 5.32 Å². The summed E-state index contributed by atoms with van der Waals surface area (Å²) in [6.45, 7) is 2.51. The second-order valence-electron chi connectivity index (χ2n) is 3.86. The zero-order chi connectivity index (χ0) is 7.68. The molecule has 1 nitrogen and oxygen atoms in total. The van der Waals surface area contributed by atoms with E-state index in [0.29, 0.717) is 0 Å². The van der Waals surface area contributed by atoms with Crippen LogP contribution in [-0.4, -0.2) is 17.9 Å². The molecule has 0 aromatic carbocycles. The zero-order valence-electron chi connectivity index (χ0n) is 6.85. The van der Waals surface area contributed by atoms with E-state index in [1.54, 1.807) is 0 Å². The number of nitrogens with one attached hydrogen (secondary N) is 1. The number of halogens is 1. The molecule has 2 heteroatoms. The van der Waals surface area contributed by atoms with Gasteiger partial charge in [-0.15, -0.1) is 0 Å². The van der Waals surface area contributed by atoms with Crippen LogP contribution in [0.25, 0.3) is 0 Å². The molecule has 1 saturated carbocycles. The Morgan fingerprint density at radius 3 is 2.91 bits per heavy atom. The predicted octanol–water partition coefficient (Wildman–Crippen LogP) is 2.16. The average Bonchev–Trinajstić information content (AvgIpc) is 2.06. The molecule has 1 heterocycles. The highest BCUT2D eigenvalue weighted by atomic mass is 79.9. The number of alkyl halides is 1. The Morgan fingerprint density at radius 2 is 2.09 bits per heavy atom. The molecule has 1 saturated heterocycles. The standard InChI is InChI=1S/C9H16BrN/c10-9-3-1-2-7-6-11-5-4-8(7)9/h7-9,11H,1-6H2. The van der Waals surface area contributed by atoms with E-state index in [0.717, 1.165) is 16.7 Å². The first-order chi connectivity index (χ1) is 5.38. The van der Waals surface area contributed by atoms with Crippen LogP contribution in [0.4, 0.5) is 0 Å². The van der Waals surface area contributed by atoms with Crippen LogP contribution in [0.3, 0.4) is 0 Å². The van der Waals surface area contributed by atoms with Gasteiger partial charge in [-0.25, -0.2) is 0 Å². The van der Waals surface area contributed by atoms with Gasteiger partial charge in [-0.05, 0) is 44.2 Å². The van der Waals surface area contributed by atoms with Crippen molar-refractivity contribution in [2.75, 3.05) is 13.1 Å². The fourth-order valence-corrected chi connectivity index (χ4v) is 3.54. The second kappa shape index (κ2) is 3.44. The summed E-state index contributed by atoms with van der Waals surface area (Å²) in [5.41, 5.74) is 0. The average molecular weight is 218 g/mol. The number of rotatable bonds is 0. The summed E-state index contributed by atoms with van der Waals surface area (Å²) in [4.78, 5) is 0.823. The van der Waals surface area contributed by atoms with Crippen molar-refractivity contribution in [3.63, 3.8) is 0 Å². The van der Waals surface area contributed by atoms with E-state index in [4.69, 9.17) is 0 Å². The van der Waals surface area contributed by atoms with E-state index >= 15 is 0 Å². The number of piperidine rings is 1. The maximum atomic E-state index is 3.80. The summed E-state index contributed by atoms with van der Waals surface area (Å²) in [5.74, 6) is 1.95. The van der Waals surface area contributed by atoms with Gasteiger partial charge in [0.2, 0.25) is 0 Å². The molecule has 0 aromatic rings. The quantitative estimate of drug-likeness (QED) is 0.614. The molecule has 0 aromatic heterocycles. The van der Waals surface area contributed by atoms with Crippen molar-refractivity contribution in [2.24, 2.45) is 11.8 Å². The highest BCUT2D eigenvalue weighted by Gasteiger charge is 2.32. The predicted molar refractivity (Wildman–Crippen MR) is 51.0 cm³/mol. The third kappa shape index (κ3) is 1.62. The molecule has 0 amide bonds. The zero-order valence-corrected chi connectivity index (χ0v) is 8.44. The van der Waals surface area contributed by atoms with E-state index in [2.05, 4.69) is 21.2 Å². The van der Waals surface area contributed by atoms with Crippen LogP contribution in [0.1, 0.15) is 25.7 Å². The smallest absolute Gasteiger partial charge is 0.0177 e. The first kappa shape index (κ1) is 8.06. The first-order valence-electron chi connectivity index (χ1n) is 4.72. The lowest BCUT2D eigenvalue weighted by atomic mass is 9.75. The van der Waals surface area contributed by atoms with Crippen LogP contribution in [-0.2, 0) is 0 Å². The Bertz CT molecular complexity index is 136. The number of fused-ring (bicyclic) bond motifs is 1. The minimum Gasteiger partial charge on any atom is -0.316 e. The van der Waals surface area contributed by atoms with Crippen molar-refractivity contribution in [2.45, 2.75) is 30.5 Å². The molecule has 2 aliphatic rings. The summed E-state index contributed by atoms with van der Waals surface area (Å²) in [6.07, 6.45) is 5.68. The lowest BCUT2D eigenvalue weighted by molar-refractivity contribution is 0.195. The minimum atomic E-state index is 0.823. The summed E-state index contributed by atoms with van der Waals surface area (Å²) in [5, 5.41) is 3.48. The molecule has 2 fully saturated rings. The van der Waals surface area contributed by atoms with Crippen molar-refractivity contribution >= 4 is 15.9 Å². The summed E-state index contributed by atoms with van der Waals surface area (Å²) in [7, 11) is 0. The SMILES string of the molecule is BrC1CCCC2CNCCC12. The highest BCUT2D eigenvalue weighted by Crippen LogP contribution is 2.37. The fraction of sp³-hybridized carbons (Fsp3) is 1.00. The van der Waals surface area contributed by atoms with Gasteiger partial charge in [0.25, 0.3) is 0 Å². The third-order valence-corrected chi connectivity index (χ3v) is 4.32. The topological polar surface area (TPSA) is 12.0 Å². The van der Waals surface area contributed by atoms with E-state index < -0.39 is 0 Å². The van der Waals surface area contributed by atoms with Gasteiger partial charge in [0.05, 0.1) is 0 Å². The maximum absolute atomic E-state index is 3.80. The molecule has 0 bridgehead atoms. The van der Waals surface area contributed by atoms with Crippen LogP contribution < -0.4 is 5.32 Å². The molecule has 3 unspecified atom stereocenters. The molecular weight excluding hydrogens is 202 g/mol. The first-order valence-corrected chi connectivity index (χ1v) is 5.64. The Balaban J connectivity index is 1.99. The molecule has 1 aliphatic carbocycles. The Kier molecular flexibility index (Phi) is 2.52. The fourth-order valence-electron chi connectivity index (χ4n) is 2.52. The van der Waals surface area contributed by atoms with Gasteiger partial charge in [-0.1, -0.05) is 22.4 Å². The largest absolute Gasteiger partial charge is 0.316 e. The third-order valence-electron chi connectivity index (χ3n) is 3.19. The van der Waals surface area contributed by atoms with Crippen LogP contribution in [0.15, 0.2) is 0 Å². The van der Waals surface area contributed by atoms with Crippen molar-refractivity contribution in [3.05, 3.63) is 0 Å². The van der Waals surface area contributed by atoms with E-state index in [1.165, 1.54) is 38.8 Å². The summed E-state index contributed by atoms with van der Waals surface area (Å²) in [6, 6.07) is 0. The molecule has 1 aliphatic heterocycles. The monoisotopic (exact) mass is 217 g/mol. The Hall–Kier alpha value is 0.440. The Labute approximate surface area is 77.1 Å². The molecule has 2 rings (SSSR count). The van der Waals surface area contributed by atoms with Gasteiger partial charge in [0.15, 0.2) is 0 Å². The van der Waals surface area contributed by atoms with E-state index in [-0.39, 0.29) is 0 Å². The molecule has 1 N–H and O–H groups in total. The Morgan fingerprint density at radius 1 is 1.18 bits per heavy atom. The molecule has 0 radical (unpaired) electrons.